The van der Waals surface area contributed by atoms with E-state index < -0.39 is 0 Å². The van der Waals surface area contributed by atoms with Crippen LogP contribution in [0.4, 0.5) is 4.39 Å². The van der Waals surface area contributed by atoms with E-state index in [2.05, 4.69) is 20.5 Å². The zero-order valence-corrected chi connectivity index (χ0v) is 14.4. The monoisotopic (exact) mass is 350 g/mol. The Hall–Kier alpha value is -3.02. The fourth-order valence-electron chi connectivity index (χ4n) is 3.06. The predicted molar refractivity (Wildman–Crippen MR) is 95.9 cm³/mol. The van der Waals surface area contributed by atoms with Gasteiger partial charge in [0.1, 0.15) is 11.5 Å². The molecule has 0 radical (unpaired) electrons. The summed E-state index contributed by atoms with van der Waals surface area (Å²) in [5.74, 6) is -0.228. The van der Waals surface area contributed by atoms with Crippen molar-refractivity contribution in [3.8, 4) is 11.3 Å². The van der Waals surface area contributed by atoms with Gasteiger partial charge in [0.15, 0.2) is 0 Å². The standard InChI is InChI=1S/C20H19FN4O/c1-12-8-9-22-17(10-12)19(13-6-7-13)23-20(26)18-11-16(24-25-18)14-4-2-3-5-15(14)21/h2-5,8-11,13,19H,6-7H2,1H3,(H,23,26)(H,24,25)/t19-/m0/s1. The molecule has 0 spiro atoms. The number of nitrogens with one attached hydrogen (secondary N) is 2. The van der Waals surface area contributed by atoms with Crippen LogP contribution in [0.15, 0.2) is 48.7 Å². The summed E-state index contributed by atoms with van der Waals surface area (Å²) < 4.78 is 13.9. The molecular formula is C20H19FN4O. The van der Waals surface area contributed by atoms with E-state index in [0.29, 0.717) is 22.9 Å². The number of pyridine rings is 1. The number of hydrogen-bond donors (Lipinski definition) is 2. The maximum atomic E-state index is 13.9. The molecule has 1 fully saturated rings. The fraction of sp³-hybridized carbons (Fsp3) is 0.250. The van der Waals surface area contributed by atoms with E-state index in [1.165, 1.54) is 6.07 Å². The lowest BCUT2D eigenvalue weighted by atomic mass is 10.1. The molecule has 3 aromatic rings. The third-order valence-corrected chi connectivity index (χ3v) is 4.61. The van der Waals surface area contributed by atoms with Crippen LogP contribution in [-0.2, 0) is 0 Å². The molecule has 0 unspecified atom stereocenters. The lowest BCUT2D eigenvalue weighted by Crippen LogP contribution is -2.30. The number of rotatable bonds is 5. The van der Waals surface area contributed by atoms with Gasteiger partial charge in [-0.1, -0.05) is 12.1 Å². The number of carbonyl (C=O) groups excluding carboxylic acids is 1. The van der Waals surface area contributed by atoms with E-state index in [4.69, 9.17) is 0 Å². The molecule has 2 heterocycles. The number of hydrogen-bond acceptors (Lipinski definition) is 3. The molecular weight excluding hydrogens is 331 g/mol. The van der Waals surface area contributed by atoms with E-state index >= 15 is 0 Å². The summed E-state index contributed by atoms with van der Waals surface area (Å²) in [6, 6.07) is 11.7. The number of amides is 1. The number of nitrogens with zero attached hydrogens (tertiary/aromatic N) is 2. The molecule has 0 aliphatic heterocycles. The summed E-state index contributed by atoms with van der Waals surface area (Å²) in [6.07, 6.45) is 3.91. The molecule has 26 heavy (non-hydrogen) atoms. The van der Waals surface area contributed by atoms with Crippen molar-refractivity contribution >= 4 is 5.91 Å². The van der Waals surface area contributed by atoms with Crippen molar-refractivity contribution in [3.63, 3.8) is 0 Å². The summed E-state index contributed by atoms with van der Waals surface area (Å²) in [7, 11) is 0. The van der Waals surface area contributed by atoms with E-state index in [1.807, 2.05) is 19.1 Å². The average Bonchev–Trinajstić information content (AvgIpc) is 3.36. The maximum absolute atomic E-state index is 13.9. The Bertz CT molecular complexity index is 948. The Kier molecular flexibility index (Phi) is 4.24. The largest absolute Gasteiger partial charge is 0.342 e. The van der Waals surface area contributed by atoms with Crippen molar-refractivity contribution in [2.75, 3.05) is 0 Å². The first-order chi connectivity index (χ1) is 12.6. The van der Waals surface area contributed by atoms with Crippen molar-refractivity contribution in [1.82, 2.24) is 20.5 Å². The van der Waals surface area contributed by atoms with Crippen molar-refractivity contribution < 1.29 is 9.18 Å². The zero-order chi connectivity index (χ0) is 18.1. The molecule has 1 amide bonds. The highest BCUT2D eigenvalue weighted by atomic mass is 19.1. The fourth-order valence-corrected chi connectivity index (χ4v) is 3.06. The Morgan fingerprint density at radius 3 is 2.81 bits per heavy atom. The van der Waals surface area contributed by atoms with Gasteiger partial charge in [0.2, 0.25) is 0 Å². The van der Waals surface area contributed by atoms with Crippen LogP contribution in [-0.4, -0.2) is 21.1 Å². The van der Waals surface area contributed by atoms with Gasteiger partial charge in [0.05, 0.1) is 17.4 Å². The molecule has 1 aromatic carbocycles. The van der Waals surface area contributed by atoms with Crippen LogP contribution >= 0.6 is 0 Å². The van der Waals surface area contributed by atoms with E-state index in [0.717, 1.165) is 24.1 Å². The number of carbonyl (C=O) groups is 1. The second kappa shape index (κ2) is 6.71. The van der Waals surface area contributed by atoms with Gasteiger partial charge in [0.25, 0.3) is 5.91 Å². The zero-order valence-electron chi connectivity index (χ0n) is 14.4. The minimum absolute atomic E-state index is 0.123. The SMILES string of the molecule is Cc1ccnc([C@@H](NC(=O)c2cc(-c3ccccc3F)n[nH]2)C2CC2)c1. The lowest BCUT2D eigenvalue weighted by molar-refractivity contribution is 0.0925. The van der Waals surface area contributed by atoms with Crippen LogP contribution in [0.25, 0.3) is 11.3 Å². The summed E-state index contributed by atoms with van der Waals surface area (Å²) >= 11 is 0. The van der Waals surface area contributed by atoms with Crippen molar-refractivity contribution in [3.05, 3.63) is 71.4 Å². The first kappa shape index (κ1) is 16.4. The molecule has 2 N–H and O–H groups in total. The van der Waals surface area contributed by atoms with Gasteiger partial charge >= 0.3 is 0 Å². The Morgan fingerprint density at radius 1 is 1.27 bits per heavy atom. The molecule has 1 aliphatic carbocycles. The van der Waals surface area contributed by atoms with Crippen molar-refractivity contribution in [2.45, 2.75) is 25.8 Å². The van der Waals surface area contributed by atoms with Crippen molar-refractivity contribution in [2.24, 2.45) is 5.92 Å². The van der Waals surface area contributed by atoms with E-state index in [1.54, 1.807) is 30.5 Å². The molecule has 0 bridgehead atoms. The highest BCUT2D eigenvalue weighted by Crippen LogP contribution is 2.40. The quantitative estimate of drug-likeness (QED) is 0.735. The molecule has 1 aliphatic rings. The second-order valence-electron chi connectivity index (χ2n) is 6.69. The van der Waals surface area contributed by atoms with Crippen LogP contribution in [0.5, 0.6) is 0 Å². The third kappa shape index (κ3) is 3.35. The molecule has 6 heteroatoms. The van der Waals surface area contributed by atoms with Crippen LogP contribution < -0.4 is 5.32 Å². The normalized spacial score (nSPS) is 14.8. The number of halogens is 1. The first-order valence-corrected chi connectivity index (χ1v) is 8.65. The van der Waals surface area contributed by atoms with Gasteiger partial charge in [-0.25, -0.2) is 4.39 Å². The topological polar surface area (TPSA) is 70.7 Å². The number of benzene rings is 1. The predicted octanol–water partition coefficient (Wildman–Crippen LogP) is 3.80. The van der Waals surface area contributed by atoms with Crippen LogP contribution in [0.1, 0.15) is 40.6 Å². The summed E-state index contributed by atoms with van der Waals surface area (Å²) in [6.45, 7) is 2.01. The van der Waals surface area contributed by atoms with E-state index in [9.17, 15) is 9.18 Å². The van der Waals surface area contributed by atoms with Gasteiger partial charge in [-0.2, -0.15) is 5.10 Å². The Labute approximate surface area is 150 Å². The Balaban J connectivity index is 1.55. The van der Waals surface area contributed by atoms with Crippen LogP contribution in [0.2, 0.25) is 0 Å². The molecule has 0 saturated heterocycles. The lowest BCUT2D eigenvalue weighted by Gasteiger charge is -2.17. The summed E-state index contributed by atoms with van der Waals surface area (Å²) in [4.78, 5) is 17.1. The highest BCUT2D eigenvalue weighted by molar-refractivity contribution is 5.93. The number of aryl methyl sites for hydroxylation is 1. The first-order valence-electron chi connectivity index (χ1n) is 8.65. The maximum Gasteiger partial charge on any atom is 0.269 e. The summed E-state index contributed by atoms with van der Waals surface area (Å²) in [5, 5.41) is 9.84. The number of aromatic nitrogens is 3. The Morgan fingerprint density at radius 2 is 2.08 bits per heavy atom. The average molecular weight is 350 g/mol. The van der Waals surface area contributed by atoms with Gasteiger partial charge in [-0.3, -0.25) is 14.9 Å². The van der Waals surface area contributed by atoms with Gasteiger partial charge in [-0.05, 0) is 61.6 Å². The summed E-state index contributed by atoms with van der Waals surface area (Å²) in [5.41, 5.74) is 3.06. The molecule has 132 valence electrons. The van der Waals surface area contributed by atoms with Gasteiger partial charge in [0, 0.05) is 11.8 Å². The molecule has 5 nitrogen and oxygen atoms in total. The molecule has 1 saturated carbocycles. The molecule has 4 rings (SSSR count). The minimum atomic E-state index is -0.370. The van der Waals surface area contributed by atoms with E-state index in [-0.39, 0.29) is 17.8 Å². The van der Waals surface area contributed by atoms with Gasteiger partial charge < -0.3 is 5.32 Å². The van der Waals surface area contributed by atoms with Crippen LogP contribution in [0, 0.1) is 18.7 Å². The minimum Gasteiger partial charge on any atom is -0.342 e. The third-order valence-electron chi connectivity index (χ3n) is 4.61. The molecule has 1 atom stereocenters. The van der Waals surface area contributed by atoms with Crippen LogP contribution in [0.3, 0.4) is 0 Å². The smallest absolute Gasteiger partial charge is 0.269 e. The van der Waals surface area contributed by atoms with Crippen molar-refractivity contribution in [1.29, 1.82) is 0 Å². The highest BCUT2D eigenvalue weighted by Gasteiger charge is 2.34. The second-order valence-corrected chi connectivity index (χ2v) is 6.69. The number of H-pyrrole nitrogens is 1. The number of aromatic amines is 1. The van der Waals surface area contributed by atoms with Gasteiger partial charge in [-0.15, -0.1) is 0 Å². The molecule has 2 aromatic heterocycles.